The average Bonchev–Trinajstić information content (AvgIpc) is 3.31. The van der Waals surface area contributed by atoms with Crippen molar-refractivity contribution in [3.8, 4) is 0 Å². The Morgan fingerprint density at radius 3 is 2.81 bits per heavy atom. The van der Waals surface area contributed by atoms with Gasteiger partial charge in [0.2, 0.25) is 0 Å². The number of amides is 2. The van der Waals surface area contributed by atoms with Crippen LogP contribution in [0.25, 0.3) is 0 Å². The maximum Gasteiger partial charge on any atom is 0.317 e. The summed E-state index contributed by atoms with van der Waals surface area (Å²) in [5, 5.41) is 12.5. The highest BCUT2D eigenvalue weighted by atomic mass is 35.5. The number of urea groups is 1. The van der Waals surface area contributed by atoms with Crippen molar-refractivity contribution in [2.24, 2.45) is 0 Å². The van der Waals surface area contributed by atoms with Crippen molar-refractivity contribution in [2.75, 3.05) is 26.8 Å². The number of hydrogen-bond donors (Lipinski definition) is 2. The molecule has 1 aromatic carbocycles. The summed E-state index contributed by atoms with van der Waals surface area (Å²) in [4.78, 5) is 13.8. The van der Waals surface area contributed by atoms with E-state index in [1.54, 1.807) is 18.1 Å². The zero-order chi connectivity index (χ0) is 15.2. The van der Waals surface area contributed by atoms with Gasteiger partial charge in [-0.05, 0) is 18.9 Å². The van der Waals surface area contributed by atoms with E-state index >= 15 is 0 Å². The Bertz CT molecular complexity index is 480. The number of hydrogen-bond acceptors (Lipinski definition) is 3. The van der Waals surface area contributed by atoms with Gasteiger partial charge in [-0.1, -0.05) is 29.8 Å². The van der Waals surface area contributed by atoms with Crippen molar-refractivity contribution in [3.63, 3.8) is 0 Å². The fraction of sp³-hybridized carbons (Fsp3) is 0.533. The molecule has 1 aliphatic carbocycles. The average molecular weight is 313 g/mol. The molecule has 1 fully saturated rings. The third-order valence-electron chi connectivity index (χ3n) is 3.56. The van der Waals surface area contributed by atoms with E-state index in [-0.39, 0.29) is 24.8 Å². The van der Waals surface area contributed by atoms with E-state index in [1.165, 1.54) is 0 Å². The van der Waals surface area contributed by atoms with Crippen LogP contribution in [0.1, 0.15) is 24.5 Å². The van der Waals surface area contributed by atoms with Crippen LogP contribution in [0.15, 0.2) is 24.3 Å². The van der Waals surface area contributed by atoms with Crippen LogP contribution in [0.2, 0.25) is 5.02 Å². The van der Waals surface area contributed by atoms with E-state index in [1.807, 2.05) is 18.2 Å². The van der Waals surface area contributed by atoms with Gasteiger partial charge in [0.1, 0.15) is 6.10 Å². The highest BCUT2D eigenvalue weighted by Gasteiger charge is 2.32. The highest BCUT2D eigenvalue weighted by Crippen LogP contribution is 2.27. The Balaban J connectivity index is 1.93. The third-order valence-corrected chi connectivity index (χ3v) is 3.91. The molecule has 0 bridgehead atoms. The number of nitrogens with zero attached hydrogens (tertiary/aromatic N) is 1. The quantitative estimate of drug-likeness (QED) is 0.811. The van der Waals surface area contributed by atoms with Gasteiger partial charge in [-0.25, -0.2) is 4.79 Å². The van der Waals surface area contributed by atoms with Crippen molar-refractivity contribution >= 4 is 17.6 Å². The molecular formula is C15H21ClN2O3. The molecule has 5 nitrogen and oxygen atoms in total. The molecule has 0 radical (unpaired) electrons. The molecule has 2 rings (SSSR count). The minimum atomic E-state index is -0.294. The second-order valence-corrected chi connectivity index (χ2v) is 5.49. The second-order valence-electron chi connectivity index (χ2n) is 5.08. The van der Waals surface area contributed by atoms with Gasteiger partial charge in [-0.15, -0.1) is 0 Å². The summed E-state index contributed by atoms with van der Waals surface area (Å²) in [7, 11) is 1.59. The molecule has 0 aliphatic heterocycles. The first kappa shape index (κ1) is 16.1. The Hall–Kier alpha value is -1.30. The molecule has 0 heterocycles. The molecule has 1 saturated carbocycles. The van der Waals surface area contributed by atoms with Crippen molar-refractivity contribution in [1.29, 1.82) is 0 Å². The minimum Gasteiger partial charge on any atom is -0.395 e. The van der Waals surface area contributed by atoms with Crippen molar-refractivity contribution < 1.29 is 14.6 Å². The van der Waals surface area contributed by atoms with E-state index in [4.69, 9.17) is 21.4 Å². The fourth-order valence-electron chi connectivity index (χ4n) is 2.28. The predicted octanol–water partition coefficient (Wildman–Crippen LogP) is 2.19. The number of aliphatic hydroxyl groups excluding tert-OH is 1. The maximum atomic E-state index is 12.2. The Labute approximate surface area is 129 Å². The van der Waals surface area contributed by atoms with Crippen LogP contribution < -0.4 is 5.32 Å². The summed E-state index contributed by atoms with van der Waals surface area (Å²) >= 11 is 6.15. The predicted molar refractivity (Wildman–Crippen MR) is 81.4 cm³/mol. The van der Waals surface area contributed by atoms with Gasteiger partial charge in [0.05, 0.1) is 6.61 Å². The number of carbonyl (C=O) groups is 1. The van der Waals surface area contributed by atoms with Crippen LogP contribution in [-0.2, 0) is 4.74 Å². The number of carbonyl (C=O) groups excluding carboxylic acids is 1. The SMILES string of the molecule is COC(CNC(=O)N(CCO)C1CC1)c1ccccc1Cl. The summed E-state index contributed by atoms with van der Waals surface area (Å²) < 4.78 is 5.42. The van der Waals surface area contributed by atoms with E-state index < -0.39 is 0 Å². The van der Waals surface area contributed by atoms with Gasteiger partial charge in [0, 0.05) is 36.8 Å². The van der Waals surface area contributed by atoms with Gasteiger partial charge < -0.3 is 20.1 Å². The van der Waals surface area contributed by atoms with E-state index in [9.17, 15) is 4.79 Å². The van der Waals surface area contributed by atoms with Crippen molar-refractivity contribution in [3.05, 3.63) is 34.9 Å². The molecule has 2 N–H and O–H groups in total. The lowest BCUT2D eigenvalue weighted by Gasteiger charge is -2.24. The first-order valence-electron chi connectivity index (χ1n) is 7.10. The molecule has 6 heteroatoms. The number of benzene rings is 1. The summed E-state index contributed by atoms with van der Waals surface area (Å²) in [6.45, 7) is 0.677. The smallest absolute Gasteiger partial charge is 0.317 e. The standard InChI is InChI=1S/C15H21ClN2O3/c1-21-14(12-4-2-3-5-13(12)16)10-17-15(20)18(8-9-19)11-6-7-11/h2-5,11,14,19H,6-10H2,1H3,(H,17,20). The van der Waals surface area contributed by atoms with Gasteiger partial charge in [0.25, 0.3) is 0 Å². The Kier molecular flexibility index (Phi) is 5.85. The lowest BCUT2D eigenvalue weighted by atomic mass is 10.1. The lowest BCUT2D eigenvalue weighted by Crippen LogP contribution is -2.44. The van der Waals surface area contributed by atoms with Crippen LogP contribution in [0.4, 0.5) is 4.79 Å². The molecule has 1 atom stereocenters. The molecule has 1 unspecified atom stereocenters. The van der Waals surface area contributed by atoms with Crippen LogP contribution >= 0.6 is 11.6 Å². The fourth-order valence-corrected chi connectivity index (χ4v) is 2.54. The van der Waals surface area contributed by atoms with E-state index in [2.05, 4.69) is 5.32 Å². The largest absolute Gasteiger partial charge is 0.395 e. The summed E-state index contributed by atoms with van der Waals surface area (Å²) in [6.07, 6.45) is 1.72. The van der Waals surface area contributed by atoms with Crippen LogP contribution in [0, 0.1) is 0 Å². The monoisotopic (exact) mass is 312 g/mol. The zero-order valence-corrected chi connectivity index (χ0v) is 12.8. The molecule has 1 aromatic rings. The molecule has 2 amide bonds. The van der Waals surface area contributed by atoms with Crippen LogP contribution in [0.3, 0.4) is 0 Å². The number of aliphatic hydroxyl groups is 1. The summed E-state index contributed by atoms with van der Waals surface area (Å²) in [5.74, 6) is 0. The lowest BCUT2D eigenvalue weighted by molar-refractivity contribution is 0.100. The van der Waals surface area contributed by atoms with Crippen LogP contribution in [-0.4, -0.2) is 48.9 Å². The van der Waals surface area contributed by atoms with Gasteiger partial charge in [-0.3, -0.25) is 0 Å². The Morgan fingerprint density at radius 2 is 2.24 bits per heavy atom. The molecule has 116 valence electrons. The van der Waals surface area contributed by atoms with E-state index in [0.29, 0.717) is 18.1 Å². The van der Waals surface area contributed by atoms with Crippen molar-refractivity contribution in [2.45, 2.75) is 25.0 Å². The second kappa shape index (κ2) is 7.64. The normalized spacial score (nSPS) is 15.6. The first-order valence-corrected chi connectivity index (χ1v) is 7.47. The Morgan fingerprint density at radius 1 is 1.52 bits per heavy atom. The van der Waals surface area contributed by atoms with Crippen LogP contribution in [0.5, 0.6) is 0 Å². The molecule has 0 spiro atoms. The molecule has 21 heavy (non-hydrogen) atoms. The number of nitrogens with one attached hydrogen (secondary N) is 1. The van der Waals surface area contributed by atoms with Gasteiger partial charge >= 0.3 is 6.03 Å². The number of ether oxygens (including phenoxy) is 1. The van der Waals surface area contributed by atoms with Gasteiger partial charge in [-0.2, -0.15) is 0 Å². The number of rotatable bonds is 7. The molecule has 0 saturated heterocycles. The molecule has 0 aromatic heterocycles. The minimum absolute atomic E-state index is 0.0257. The van der Waals surface area contributed by atoms with E-state index in [0.717, 1.165) is 18.4 Å². The summed E-state index contributed by atoms with van der Waals surface area (Å²) in [6, 6.07) is 7.52. The zero-order valence-electron chi connectivity index (χ0n) is 12.1. The number of halogens is 1. The topological polar surface area (TPSA) is 61.8 Å². The highest BCUT2D eigenvalue weighted by molar-refractivity contribution is 6.31. The summed E-state index contributed by atoms with van der Waals surface area (Å²) in [5.41, 5.74) is 0.849. The molecule has 1 aliphatic rings. The maximum absolute atomic E-state index is 12.2. The first-order chi connectivity index (χ1) is 10.2. The number of methoxy groups -OCH3 is 1. The van der Waals surface area contributed by atoms with Gasteiger partial charge in [0.15, 0.2) is 0 Å². The molecular weight excluding hydrogens is 292 g/mol. The van der Waals surface area contributed by atoms with Crippen molar-refractivity contribution in [1.82, 2.24) is 10.2 Å². The third kappa shape index (κ3) is 4.33.